The molecule has 1 aliphatic heterocycles. The number of carbonyl (C=O) groups excluding carboxylic acids is 1. The van der Waals surface area contributed by atoms with Gasteiger partial charge in [-0.15, -0.1) is 11.8 Å². The zero-order valence-corrected chi connectivity index (χ0v) is 13.0. The van der Waals surface area contributed by atoms with Crippen LogP contribution in [-0.2, 0) is 4.79 Å². The Morgan fingerprint density at radius 1 is 1.43 bits per heavy atom. The molecule has 1 aromatic rings. The second-order valence-electron chi connectivity index (χ2n) is 5.45. The van der Waals surface area contributed by atoms with Crippen molar-refractivity contribution in [3.05, 3.63) is 29.8 Å². The molecule has 1 fully saturated rings. The molecular weight excluding hydrogens is 284 g/mol. The fourth-order valence-corrected chi connectivity index (χ4v) is 3.32. The minimum atomic E-state index is 0.120. The summed E-state index contributed by atoms with van der Waals surface area (Å²) >= 11 is 1.49. The Hall–Kier alpha value is -1.51. The van der Waals surface area contributed by atoms with E-state index >= 15 is 0 Å². The number of piperidine rings is 1. The summed E-state index contributed by atoms with van der Waals surface area (Å²) in [5.74, 6) is 0.731. The van der Waals surface area contributed by atoms with Gasteiger partial charge in [-0.05, 0) is 49.9 Å². The Labute approximate surface area is 129 Å². The maximum Gasteiger partial charge on any atom is 0.233 e. The summed E-state index contributed by atoms with van der Waals surface area (Å²) in [6, 6.07) is 9.59. The zero-order valence-electron chi connectivity index (χ0n) is 12.2. The van der Waals surface area contributed by atoms with Crippen LogP contribution in [0.25, 0.3) is 0 Å². The van der Waals surface area contributed by atoms with E-state index in [0.717, 1.165) is 17.7 Å². The minimum Gasteiger partial charge on any atom is -0.396 e. The van der Waals surface area contributed by atoms with Gasteiger partial charge in [-0.1, -0.05) is 0 Å². The van der Waals surface area contributed by atoms with Gasteiger partial charge < -0.3 is 10.0 Å². The standard InChI is InChI=1S/C16H20N2O2S/c1-12-2-3-14(10-19)9-18(12)16(20)11-21-15-6-4-13(8-17)5-7-15/h4-7,12,14,19H,2-3,9-11H2,1H3. The molecule has 1 heterocycles. The first-order valence-corrected chi connectivity index (χ1v) is 8.16. The highest BCUT2D eigenvalue weighted by Crippen LogP contribution is 2.24. The number of amides is 1. The highest BCUT2D eigenvalue weighted by molar-refractivity contribution is 8.00. The third kappa shape index (κ3) is 4.23. The Kier molecular flexibility index (Phi) is 5.66. The maximum absolute atomic E-state index is 12.3. The Balaban J connectivity index is 1.89. The van der Waals surface area contributed by atoms with Crippen molar-refractivity contribution in [1.82, 2.24) is 4.90 Å². The number of nitriles is 1. The van der Waals surface area contributed by atoms with Crippen molar-refractivity contribution in [2.75, 3.05) is 18.9 Å². The summed E-state index contributed by atoms with van der Waals surface area (Å²) in [4.78, 5) is 15.2. The van der Waals surface area contributed by atoms with E-state index < -0.39 is 0 Å². The highest BCUT2D eigenvalue weighted by atomic mass is 32.2. The molecule has 1 N–H and O–H groups in total. The Morgan fingerprint density at radius 3 is 2.76 bits per heavy atom. The van der Waals surface area contributed by atoms with E-state index in [-0.39, 0.29) is 24.5 Å². The lowest BCUT2D eigenvalue weighted by Crippen LogP contribution is -2.47. The number of thioether (sulfide) groups is 1. The van der Waals surface area contributed by atoms with Crippen LogP contribution < -0.4 is 0 Å². The zero-order chi connectivity index (χ0) is 15.2. The van der Waals surface area contributed by atoms with Crippen molar-refractivity contribution in [2.45, 2.75) is 30.7 Å². The van der Waals surface area contributed by atoms with Crippen molar-refractivity contribution in [1.29, 1.82) is 5.26 Å². The van der Waals surface area contributed by atoms with E-state index in [4.69, 9.17) is 5.26 Å². The van der Waals surface area contributed by atoms with Crippen molar-refractivity contribution < 1.29 is 9.90 Å². The normalized spacial score (nSPS) is 21.9. The first-order chi connectivity index (χ1) is 10.1. The molecule has 1 saturated heterocycles. The lowest BCUT2D eigenvalue weighted by molar-refractivity contribution is -0.133. The predicted molar refractivity (Wildman–Crippen MR) is 82.9 cm³/mol. The van der Waals surface area contributed by atoms with E-state index in [2.05, 4.69) is 13.0 Å². The summed E-state index contributed by atoms with van der Waals surface area (Å²) in [7, 11) is 0. The molecule has 0 saturated carbocycles. The number of benzene rings is 1. The number of hydrogen-bond donors (Lipinski definition) is 1. The number of rotatable bonds is 4. The number of likely N-dealkylation sites (tertiary alicyclic amines) is 1. The topological polar surface area (TPSA) is 64.3 Å². The first kappa shape index (κ1) is 15.9. The SMILES string of the molecule is CC1CCC(CO)CN1C(=O)CSc1ccc(C#N)cc1. The number of nitrogens with zero attached hydrogens (tertiary/aromatic N) is 2. The van der Waals surface area contributed by atoms with Crippen LogP contribution in [0.3, 0.4) is 0 Å². The van der Waals surface area contributed by atoms with Crippen molar-refractivity contribution in [2.24, 2.45) is 5.92 Å². The molecule has 2 atom stereocenters. The van der Waals surface area contributed by atoms with Crippen LogP contribution in [0.15, 0.2) is 29.2 Å². The Bertz CT molecular complexity index is 524. The molecule has 0 aromatic heterocycles. The smallest absolute Gasteiger partial charge is 0.233 e. The summed E-state index contributed by atoms with van der Waals surface area (Å²) in [6.07, 6.45) is 1.95. The third-order valence-electron chi connectivity index (χ3n) is 3.90. The maximum atomic E-state index is 12.3. The van der Waals surface area contributed by atoms with Crippen LogP contribution in [0.5, 0.6) is 0 Å². The monoisotopic (exact) mass is 304 g/mol. The quantitative estimate of drug-likeness (QED) is 0.867. The van der Waals surface area contributed by atoms with Gasteiger partial charge in [-0.25, -0.2) is 0 Å². The van der Waals surface area contributed by atoms with Crippen molar-refractivity contribution >= 4 is 17.7 Å². The van der Waals surface area contributed by atoms with Crippen LogP contribution in [0.4, 0.5) is 0 Å². The van der Waals surface area contributed by atoms with Crippen LogP contribution >= 0.6 is 11.8 Å². The summed E-state index contributed by atoms with van der Waals surface area (Å²) in [5, 5.41) is 18.0. The van der Waals surface area contributed by atoms with E-state index in [1.165, 1.54) is 11.8 Å². The molecule has 0 radical (unpaired) electrons. The van der Waals surface area contributed by atoms with Crippen molar-refractivity contribution in [3.8, 4) is 6.07 Å². The molecule has 0 bridgehead atoms. The van der Waals surface area contributed by atoms with E-state index in [1.807, 2.05) is 17.0 Å². The van der Waals surface area contributed by atoms with Gasteiger partial charge in [0.15, 0.2) is 0 Å². The number of aliphatic hydroxyl groups excluding tert-OH is 1. The molecule has 0 aliphatic carbocycles. The minimum absolute atomic E-state index is 0.120. The largest absolute Gasteiger partial charge is 0.396 e. The lowest BCUT2D eigenvalue weighted by atomic mass is 9.94. The average molecular weight is 304 g/mol. The van der Waals surface area contributed by atoms with Gasteiger partial charge in [0, 0.05) is 24.1 Å². The lowest BCUT2D eigenvalue weighted by Gasteiger charge is -2.37. The van der Waals surface area contributed by atoms with Crippen LogP contribution in [0, 0.1) is 17.2 Å². The molecule has 1 aromatic carbocycles. The van der Waals surface area contributed by atoms with E-state index in [0.29, 0.717) is 17.9 Å². The summed E-state index contributed by atoms with van der Waals surface area (Å²) in [5.41, 5.74) is 0.626. The molecule has 112 valence electrons. The fourth-order valence-electron chi connectivity index (χ4n) is 2.53. The molecule has 4 nitrogen and oxygen atoms in total. The van der Waals surface area contributed by atoms with Gasteiger partial charge in [-0.2, -0.15) is 5.26 Å². The predicted octanol–water partition coefficient (Wildman–Crippen LogP) is 2.27. The van der Waals surface area contributed by atoms with E-state index in [9.17, 15) is 9.90 Å². The number of aliphatic hydroxyl groups is 1. The third-order valence-corrected chi connectivity index (χ3v) is 4.90. The second kappa shape index (κ2) is 7.48. The van der Waals surface area contributed by atoms with Gasteiger partial charge in [-0.3, -0.25) is 4.79 Å². The average Bonchev–Trinajstić information content (AvgIpc) is 2.53. The van der Waals surface area contributed by atoms with Gasteiger partial charge in [0.25, 0.3) is 0 Å². The number of hydrogen-bond acceptors (Lipinski definition) is 4. The van der Waals surface area contributed by atoms with E-state index in [1.54, 1.807) is 12.1 Å². The highest BCUT2D eigenvalue weighted by Gasteiger charge is 2.28. The molecule has 0 spiro atoms. The molecule has 21 heavy (non-hydrogen) atoms. The fraction of sp³-hybridized carbons (Fsp3) is 0.500. The molecular formula is C16H20N2O2S. The Morgan fingerprint density at radius 2 is 2.14 bits per heavy atom. The number of carbonyl (C=O) groups is 1. The second-order valence-corrected chi connectivity index (χ2v) is 6.49. The van der Waals surface area contributed by atoms with Gasteiger partial charge >= 0.3 is 0 Å². The van der Waals surface area contributed by atoms with Crippen LogP contribution in [-0.4, -0.2) is 40.9 Å². The van der Waals surface area contributed by atoms with Gasteiger partial charge in [0.2, 0.25) is 5.91 Å². The van der Waals surface area contributed by atoms with Crippen molar-refractivity contribution in [3.63, 3.8) is 0 Å². The first-order valence-electron chi connectivity index (χ1n) is 7.17. The molecule has 2 rings (SSSR count). The van der Waals surface area contributed by atoms with Gasteiger partial charge in [0.05, 0.1) is 17.4 Å². The van der Waals surface area contributed by atoms with Crippen LogP contribution in [0.1, 0.15) is 25.3 Å². The summed E-state index contributed by atoms with van der Waals surface area (Å²) in [6.45, 7) is 2.88. The van der Waals surface area contributed by atoms with Crippen LogP contribution in [0.2, 0.25) is 0 Å². The molecule has 1 amide bonds. The summed E-state index contributed by atoms with van der Waals surface area (Å²) < 4.78 is 0. The van der Waals surface area contributed by atoms with Gasteiger partial charge in [0.1, 0.15) is 0 Å². The molecule has 1 aliphatic rings. The molecule has 5 heteroatoms. The molecule has 2 unspecified atom stereocenters.